The molecule has 23 heavy (non-hydrogen) atoms. The Morgan fingerprint density at radius 1 is 1.43 bits per heavy atom. The van der Waals surface area contributed by atoms with Crippen molar-refractivity contribution >= 4 is 47.2 Å². The van der Waals surface area contributed by atoms with Gasteiger partial charge in [-0.25, -0.2) is 4.98 Å². The van der Waals surface area contributed by atoms with E-state index in [2.05, 4.69) is 29.0 Å². The van der Waals surface area contributed by atoms with Crippen LogP contribution in [0.4, 0.5) is 5.13 Å². The van der Waals surface area contributed by atoms with Crippen LogP contribution in [-0.2, 0) is 16.1 Å². The van der Waals surface area contributed by atoms with Crippen molar-refractivity contribution in [3.63, 3.8) is 0 Å². The molecule has 3 N–H and O–H groups in total. The minimum atomic E-state index is -0.475. The van der Waals surface area contributed by atoms with Crippen LogP contribution in [0.15, 0.2) is 5.38 Å². The maximum absolute atomic E-state index is 12.0. The molecule has 0 aromatic carbocycles. The first kappa shape index (κ1) is 22.6. The van der Waals surface area contributed by atoms with E-state index in [0.29, 0.717) is 17.5 Å². The molecule has 0 unspecified atom stereocenters. The van der Waals surface area contributed by atoms with Crippen LogP contribution in [-0.4, -0.2) is 48.1 Å². The van der Waals surface area contributed by atoms with Crippen molar-refractivity contribution in [3.05, 3.63) is 11.1 Å². The quantitative estimate of drug-likeness (QED) is 0.784. The number of hydrogen-bond acceptors (Lipinski definition) is 6. The van der Waals surface area contributed by atoms with Gasteiger partial charge in [-0.2, -0.15) is 0 Å². The summed E-state index contributed by atoms with van der Waals surface area (Å²) in [5, 5.41) is 5.42. The first-order chi connectivity index (χ1) is 10.0. The fraction of sp³-hybridized carbons (Fsp3) is 0.714. The number of carbonyl (C=O) groups excluding carboxylic acids is 1. The third kappa shape index (κ3) is 7.78. The lowest BCUT2D eigenvalue weighted by Crippen LogP contribution is -2.36. The van der Waals surface area contributed by atoms with Crippen molar-refractivity contribution in [2.75, 3.05) is 31.6 Å². The molecular weight excluding hydrogens is 359 g/mol. The number of nitrogens with zero attached hydrogens (tertiary/aromatic N) is 2. The highest BCUT2D eigenvalue weighted by Gasteiger charge is 2.17. The van der Waals surface area contributed by atoms with Crippen molar-refractivity contribution < 1.29 is 9.53 Å². The van der Waals surface area contributed by atoms with Gasteiger partial charge in [0.05, 0.1) is 24.9 Å². The average molecular weight is 385 g/mol. The standard InChI is InChI=1S/C14H24N4O2S.2ClH/c1-10(2)7-12(15)13(19)17-14-16-11(9-21-14)8-18-3-5-20-6-4-18;;/h9-10,12H,3-8,15H2,1-2H3,(H,16,17,19);2*1H/t12-;;/m0../s1. The van der Waals surface area contributed by atoms with Gasteiger partial charge in [0.1, 0.15) is 0 Å². The van der Waals surface area contributed by atoms with Crippen LogP contribution in [0.3, 0.4) is 0 Å². The van der Waals surface area contributed by atoms with Crippen molar-refractivity contribution in [2.45, 2.75) is 32.9 Å². The number of hydrogen-bond donors (Lipinski definition) is 2. The van der Waals surface area contributed by atoms with Gasteiger partial charge in [0.15, 0.2) is 5.13 Å². The van der Waals surface area contributed by atoms with E-state index in [4.69, 9.17) is 10.5 Å². The van der Waals surface area contributed by atoms with E-state index in [-0.39, 0.29) is 30.7 Å². The molecular formula is C14H26Cl2N4O2S. The Morgan fingerprint density at radius 2 is 2.09 bits per heavy atom. The highest BCUT2D eigenvalue weighted by Crippen LogP contribution is 2.18. The van der Waals surface area contributed by atoms with E-state index in [9.17, 15) is 4.79 Å². The Kier molecular flexibility index (Phi) is 11.0. The molecule has 1 saturated heterocycles. The van der Waals surface area contributed by atoms with Gasteiger partial charge < -0.3 is 15.8 Å². The number of amides is 1. The van der Waals surface area contributed by atoms with Crippen molar-refractivity contribution in [2.24, 2.45) is 11.7 Å². The largest absolute Gasteiger partial charge is 0.379 e. The first-order valence-corrected chi connectivity index (χ1v) is 8.23. The molecule has 2 rings (SSSR count). The summed E-state index contributed by atoms with van der Waals surface area (Å²) in [6, 6.07) is -0.475. The Balaban J connectivity index is 0.00000242. The van der Waals surface area contributed by atoms with Crippen LogP contribution in [0, 0.1) is 5.92 Å². The maximum atomic E-state index is 12.0. The molecule has 2 heterocycles. The topological polar surface area (TPSA) is 80.5 Å². The first-order valence-electron chi connectivity index (χ1n) is 7.35. The number of anilines is 1. The summed E-state index contributed by atoms with van der Waals surface area (Å²) >= 11 is 1.45. The van der Waals surface area contributed by atoms with Gasteiger partial charge >= 0.3 is 0 Å². The molecule has 1 fully saturated rings. The average Bonchev–Trinajstić information content (AvgIpc) is 2.86. The smallest absolute Gasteiger partial charge is 0.243 e. The number of morpholine rings is 1. The third-order valence-electron chi connectivity index (χ3n) is 3.33. The van der Waals surface area contributed by atoms with Crippen LogP contribution in [0.25, 0.3) is 0 Å². The summed E-state index contributed by atoms with van der Waals surface area (Å²) in [6.07, 6.45) is 0.678. The SMILES string of the molecule is CC(C)C[C@H](N)C(=O)Nc1nc(CN2CCOCC2)cs1.Cl.Cl. The highest BCUT2D eigenvalue weighted by molar-refractivity contribution is 7.13. The Labute approximate surface area is 154 Å². The molecule has 1 aliphatic rings. The molecule has 9 heteroatoms. The number of aromatic nitrogens is 1. The van der Waals surface area contributed by atoms with E-state index in [1.165, 1.54) is 11.3 Å². The molecule has 1 aromatic rings. The second-order valence-electron chi connectivity index (χ2n) is 5.76. The number of halogens is 2. The van der Waals surface area contributed by atoms with Crippen LogP contribution in [0.2, 0.25) is 0 Å². The summed E-state index contributed by atoms with van der Waals surface area (Å²) in [6.45, 7) is 8.31. The van der Waals surface area contributed by atoms with Crippen LogP contribution < -0.4 is 11.1 Å². The molecule has 0 spiro atoms. The zero-order valence-corrected chi connectivity index (χ0v) is 15.9. The van der Waals surface area contributed by atoms with Gasteiger partial charge in [0.25, 0.3) is 0 Å². The van der Waals surface area contributed by atoms with E-state index in [1.54, 1.807) is 0 Å². The lowest BCUT2D eigenvalue weighted by molar-refractivity contribution is -0.117. The van der Waals surface area contributed by atoms with E-state index < -0.39 is 6.04 Å². The minimum Gasteiger partial charge on any atom is -0.379 e. The minimum absolute atomic E-state index is 0. The van der Waals surface area contributed by atoms with E-state index in [1.807, 2.05) is 5.38 Å². The van der Waals surface area contributed by atoms with Gasteiger partial charge in [-0.15, -0.1) is 36.2 Å². The number of ether oxygens (including phenoxy) is 1. The molecule has 6 nitrogen and oxygen atoms in total. The van der Waals surface area contributed by atoms with Gasteiger partial charge in [-0.1, -0.05) is 13.8 Å². The molecule has 0 radical (unpaired) electrons. The Hall–Kier alpha value is -0.440. The summed E-state index contributed by atoms with van der Waals surface area (Å²) < 4.78 is 5.32. The molecule has 1 aliphatic heterocycles. The fourth-order valence-corrected chi connectivity index (χ4v) is 2.94. The Bertz CT molecular complexity index is 467. The van der Waals surface area contributed by atoms with Crippen LogP contribution >= 0.6 is 36.2 Å². The second-order valence-corrected chi connectivity index (χ2v) is 6.62. The highest BCUT2D eigenvalue weighted by atomic mass is 35.5. The number of thiazole rings is 1. The zero-order chi connectivity index (χ0) is 15.2. The van der Waals surface area contributed by atoms with Crippen molar-refractivity contribution in [1.29, 1.82) is 0 Å². The van der Waals surface area contributed by atoms with Crippen LogP contribution in [0.5, 0.6) is 0 Å². The molecule has 0 bridgehead atoms. The zero-order valence-electron chi connectivity index (χ0n) is 13.5. The second kappa shape index (κ2) is 11.2. The molecule has 0 aliphatic carbocycles. The van der Waals surface area contributed by atoms with Gasteiger partial charge in [-0.05, 0) is 12.3 Å². The molecule has 1 amide bonds. The molecule has 0 saturated carbocycles. The number of rotatable bonds is 6. The van der Waals surface area contributed by atoms with Gasteiger partial charge in [0.2, 0.25) is 5.91 Å². The number of nitrogens with two attached hydrogens (primary N) is 1. The normalized spacial score (nSPS) is 16.3. The van der Waals surface area contributed by atoms with Crippen molar-refractivity contribution in [3.8, 4) is 0 Å². The van der Waals surface area contributed by atoms with Gasteiger partial charge in [0, 0.05) is 25.0 Å². The predicted molar refractivity (Wildman–Crippen MR) is 98.8 cm³/mol. The monoisotopic (exact) mass is 384 g/mol. The predicted octanol–water partition coefficient (Wildman–Crippen LogP) is 2.13. The lowest BCUT2D eigenvalue weighted by atomic mass is 10.0. The summed E-state index contributed by atoms with van der Waals surface area (Å²) in [5.41, 5.74) is 6.85. The third-order valence-corrected chi connectivity index (χ3v) is 4.14. The molecule has 1 atom stereocenters. The Morgan fingerprint density at radius 3 is 2.70 bits per heavy atom. The van der Waals surface area contributed by atoms with Gasteiger partial charge in [-0.3, -0.25) is 9.69 Å². The maximum Gasteiger partial charge on any atom is 0.243 e. The van der Waals surface area contributed by atoms with Crippen LogP contribution in [0.1, 0.15) is 26.0 Å². The lowest BCUT2D eigenvalue weighted by Gasteiger charge is -2.25. The van der Waals surface area contributed by atoms with Crippen molar-refractivity contribution in [1.82, 2.24) is 9.88 Å². The van der Waals surface area contributed by atoms with E-state index in [0.717, 1.165) is 38.5 Å². The number of carbonyl (C=O) groups is 1. The molecule has 1 aromatic heterocycles. The fourth-order valence-electron chi connectivity index (χ4n) is 2.24. The summed E-state index contributed by atoms with van der Waals surface area (Å²) in [7, 11) is 0. The summed E-state index contributed by atoms with van der Waals surface area (Å²) in [4.78, 5) is 18.7. The molecule has 134 valence electrons. The number of nitrogens with one attached hydrogen (secondary N) is 1. The summed E-state index contributed by atoms with van der Waals surface area (Å²) in [5.74, 6) is 0.245. The van der Waals surface area contributed by atoms with E-state index >= 15 is 0 Å².